The molecule has 0 spiro atoms. The molecule has 0 fully saturated rings. The van der Waals surface area contributed by atoms with Crippen LogP contribution >= 0.6 is 0 Å². The predicted molar refractivity (Wildman–Crippen MR) is 90.4 cm³/mol. The minimum atomic E-state index is -0.317. The number of methoxy groups -OCH3 is 1. The van der Waals surface area contributed by atoms with E-state index in [-0.39, 0.29) is 18.3 Å². The normalized spacial score (nSPS) is 11.4. The van der Waals surface area contributed by atoms with E-state index in [1.165, 1.54) is 18.4 Å². The lowest BCUT2D eigenvalue weighted by atomic mass is 10.2. The third-order valence-corrected chi connectivity index (χ3v) is 3.40. The maximum absolute atomic E-state index is 12.9. The molecular formula is C18H16FN3O3. The summed E-state index contributed by atoms with van der Waals surface area (Å²) in [5.41, 5.74) is 7.80. The van der Waals surface area contributed by atoms with Gasteiger partial charge in [-0.05, 0) is 48.5 Å². The number of halogens is 1. The molecule has 0 saturated carbocycles. The van der Waals surface area contributed by atoms with E-state index < -0.39 is 0 Å². The van der Waals surface area contributed by atoms with Crippen LogP contribution in [0.15, 0.2) is 64.4 Å². The van der Waals surface area contributed by atoms with E-state index in [2.05, 4.69) is 10.1 Å². The third-order valence-electron chi connectivity index (χ3n) is 3.40. The molecule has 0 aliphatic rings. The molecule has 0 unspecified atom stereocenters. The highest BCUT2D eigenvalue weighted by atomic mass is 19.1. The average Bonchev–Trinajstić information content (AvgIpc) is 3.11. The van der Waals surface area contributed by atoms with Crippen molar-refractivity contribution in [3.8, 4) is 17.2 Å². The molecule has 0 bridgehead atoms. The summed E-state index contributed by atoms with van der Waals surface area (Å²) in [5.74, 6) is 1.03. The molecule has 25 heavy (non-hydrogen) atoms. The first-order valence-electron chi connectivity index (χ1n) is 7.46. The van der Waals surface area contributed by atoms with Gasteiger partial charge >= 0.3 is 0 Å². The van der Waals surface area contributed by atoms with Gasteiger partial charge in [-0.1, -0.05) is 5.16 Å². The third kappa shape index (κ3) is 4.14. The molecule has 3 aromatic rings. The van der Waals surface area contributed by atoms with Crippen LogP contribution in [0.1, 0.15) is 11.3 Å². The van der Waals surface area contributed by atoms with Crippen molar-refractivity contribution in [3.63, 3.8) is 0 Å². The summed E-state index contributed by atoms with van der Waals surface area (Å²) in [6, 6.07) is 13.0. The second-order valence-electron chi connectivity index (χ2n) is 5.13. The Morgan fingerprint density at radius 3 is 2.56 bits per heavy atom. The number of nitrogens with two attached hydrogens (primary N) is 1. The van der Waals surface area contributed by atoms with Crippen LogP contribution in [-0.2, 0) is 11.4 Å². The molecule has 3 rings (SSSR count). The molecule has 0 aliphatic heterocycles. The van der Waals surface area contributed by atoms with Crippen molar-refractivity contribution in [2.24, 2.45) is 10.9 Å². The number of oxime groups is 1. The van der Waals surface area contributed by atoms with Gasteiger partial charge in [-0.2, -0.15) is 0 Å². The molecule has 1 heterocycles. The number of aromatic nitrogens is 1. The Kier molecular flexibility index (Phi) is 4.94. The lowest BCUT2D eigenvalue weighted by molar-refractivity contribution is 0.127. The van der Waals surface area contributed by atoms with Crippen molar-refractivity contribution >= 4 is 5.84 Å². The first kappa shape index (κ1) is 16.5. The summed E-state index contributed by atoms with van der Waals surface area (Å²) in [5, 5.41) is 3.86. The number of hydrogen-bond donors (Lipinski definition) is 1. The smallest absolute Gasteiger partial charge is 0.226 e. The van der Waals surface area contributed by atoms with Crippen molar-refractivity contribution in [2.45, 2.75) is 6.61 Å². The Hall–Kier alpha value is -3.35. The van der Waals surface area contributed by atoms with Crippen LogP contribution in [0.25, 0.3) is 11.5 Å². The second-order valence-corrected chi connectivity index (χ2v) is 5.13. The van der Waals surface area contributed by atoms with Crippen molar-refractivity contribution < 1.29 is 18.4 Å². The zero-order chi connectivity index (χ0) is 17.6. The number of benzene rings is 2. The van der Waals surface area contributed by atoms with E-state index in [4.69, 9.17) is 19.7 Å². The monoisotopic (exact) mass is 341 g/mol. The summed E-state index contributed by atoms with van der Waals surface area (Å²) < 4.78 is 23.4. The molecule has 0 radical (unpaired) electrons. The van der Waals surface area contributed by atoms with Gasteiger partial charge in [-0.3, -0.25) is 0 Å². The van der Waals surface area contributed by atoms with Crippen LogP contribution in [0.4, 0.5) is 4.39 Å². The number of amidine groups is 1. The van der Waals surface area contributed by atoms with Gasteiger partial charge in [0.1, 0.15) is 23.5 Å². The molecule has 0 saturated heterocycles. The molecule has 7 heteroatoms. The Labute approximate surface area is 143 Å². The standard InChI is InChI=1S/C18H16FN3O3/c1-23-16-8-4-12(5-9-16)17(20)22-25-11-15-10-24-18(21-15)13-2-6-14(19)7-3-13/h2-10H,11H2,1H3,(H2,20,22). The van der Waals surface area contributed by atoms with Crippen LogP contribution < -0.4 is 10.5 Å². The van der Waals surface area contributed by atoms with E-state index in [1.807, 2.05) is 0 Å². The van der Waals surface area contributed by atoms with Crippen molar-refractivity contribution in [3.05, 3.63) is 71.9 Å². The molecule has 6 nitrogen and oxygen atoms in total. The summed E-state index contributed by atoms with van der Waals surface area (Å²) in [6.45, 7) is 0.0988. The summed E-state index contributed by atoms with van der Waals surface area (Å²) in [7, 11) is 1.59. The molecule has 1 aromatic heterocycles. The fourth-order valence-corrected chi connectivity index (χ4v) is 2.08. The van der Waals surface area contributed by atoms with E-state index in [9.17, 15) is 4.39 Å². The molecular weight excluding hydrogens is 325 g/mol. The first-order valence-corrected chi connectivity index (χ1v) is 7.46. The number of hydrogen-bond acceptors (Lipinski definition) is 5. The van der Waals surface area contributed by atoms with Gasteiger partial charge in [-0.25, -0.2) is 9.37 Å². The van der Waals surface area contributed by atoms with Crippen molar-refractivity contribution in [1.82, 2.24) is 4.98 Å². The number of oxazole rings is 1. The zero-order valence-corrected chi connectivity index (χ0v) is 13.5. The second kappa shape index (κ2) is 7.48. The molecule has 128 valence electrons. The lowest BCUT2D eigenvalue weighted by Crippen LogP contribution is -2.13. The molecule has 0 atom stereocenters. The Morgan fingerprint density at radius 1 is 1.16 bits per heavy atom. The van der Waals surface area contributed by atoms with Gasteiger partial charge in [0.05, 0.1) is 7.11 Å². The zero-order valence-electron chi connectivity index (χ0n) is 13.5. The largest absolute Gasteiger partial charge is 0.497 e. The van der Waals surface area contributed by atoms with Crippen LogP contribution in [0.2, 0.25) is 0 Å². The summed E-state index contributed by atoms with van der Waals surface area (Å²) in [4.78, 5) is 9.47. The highest BCUT2D eigenvalue weighted by molar-refractivity contribution is 5.97. The van der Waals surface area contributed by atoms with E-state index >= 15 is 0 Å². The van der Waals surface area contributed by atoms with E-state index in [1.54, 1.807) is 43.5 Å². The minimum absolute atomic E-state index is 0.0988. The van der Waals surface area contributed by atoms with Gasteiger partial charge in [0.2, 0.25) is 5.89 Å². The minimum Gasteiger partial charge on any atom is -0.497 e. The maximum Gasteiger partial charge on any atom is 0.226 e. The summed E-state index contributed by atoms with van der Waals surface area (Å²) >= 11 is 0. The first-order chi connectivity index (χ1) is 12.2. The van der Waals surface area contributed by atoms with Crippen molar-refractivity contribution in [1.29, 1.82) is 0 Å². The van der Waals surface area contributed by atoms with Gasteiger partial charge < -0.3 is 19.7 Å². The van der Waals surface area contributed by atoms with Crippen molar-refractivity contribution in [2.75, 3.05) is 7.11 Å². The van der Waals surface area contributed by atoms with Gasteiger partial charge in [0, 0.05) is 11.1 Å². The topological polar surface area (TPSA) is 82.9 Å². The molecule has 2 aromatic carbocycles. The quantitative estimate of drug-likeness (QED) is 0.422. The lowest BCUT2D eigenvalue weighted by Gasteiger charge is -2.03. The van der Waals surface area contributed by atoms with Gasteiger partial charge in [-0.15, -0.1) is 0 Å². The highest BCUT2D eigenvalue weighted by Gasteiger charge is 2.07. The SMILES string of the molecule is COc1ccc(/C(N)=N/OCc2coc(-c3ccc(F)cc3)n2)cc1. The molecule has 0 aliphatic carbocycles. The van der Waals surface area contributed by atoms with Crippen LogP contribution in [0.5, 0.6) is 5.75 Å². The Balaban J connectivity index is 1.60. The highest BCUT2D eigenvalue weighted by Crippen LogP contribution is 2.19. The molecule has 2 N–H and O–H groups in total. The van der Waals surface area contributed by atoms with E-state index in [0.717, 1.165) is 5.75 Å². The maximum atomic E-state index is 12.9. The van der Waals surface area contributed by atoms with Crippen LogP contribution in [0.3, 0.4) is 0 Å². The number of nitrogens with zero attached hydrogens (tertiary/aromatic N) is 2. The van der Waals surface area contributed by atoms with Gasteiger partial charge in [0.25, 0.3) is 0 Å². The fourth-order valence-electron chi connectivity index (χ4n) is 2.08. The Morgan fingerprint density at radius 2 is 1.88 bits per heavy atom. The average molecular weight is 341 g/mol. The fraction of sp³-hybridized carbons (Fsp3) is 0.111. The number of ether oxygens (including phenoxy) is 1. The van der Waals surface area contributed by atoms with Crippen LogP contribution in [-0.4, -0.2) is 17.9 Å². The molecule has 0 amide bonds. The van der Waals surface area contributed by atoms with Crippen LogP contribution in [0, 0.1) is 5.82 Å². The summed E-state index contributed by atoms with van der Waals surface area (Å²) in [6.07, 6.45) is 1.46. The Bertz CT molecular complexity index is 858. The van der Waals surface area contributed by atoms with E-state index in [0.29, 0.717) is 22.7 Å². The number of rotatable bonds is 6. The van der Waals surface area contributed by atoms with Gasteiger partial charge in [0.15, 0.2) is 12.4 Å². The predicted octanol–water partition coefficient (Wildman–Crippen LogP) is 3.33.